The summed E-state index contributed by atoms with van der Waals surface area (Å²) < 4.78 is 6.24. The van der Waals surface area contributed by atoms with Crippen molar-refractivity contribution >= 4 is 38.7 Å². The number of thiazole rings is 1. The van der Waals surface area contributed by atoms with Gasteiger partial charge in [0.1, 0.15) is 0 Å². The summed E-state index contributed by atoms with van der Waals surface area (Å²) in [6.45, 7) is 3.81. The standard InChI is InChI=1S/C27H23BrN6OS/c1-18(23-11-7-8-16-29-23)31-33-24(20-12-14-21(28)15-13-20)17-36-27(33)30-25-19(2)32(3)34(26(25)35)22-9-5-4-6-10-22/h4-17H,1-3H3. The van der Waals surface area contributed by atoms with E-state index in [1.165, 1.54) is 11.3 Å². The molecule has 0 aliphatic heterocycles. The van der Waals surface area contributed by atoms with Gasteiger partial charge in [-0.2, -0.15) is 5.10 Å². The first-order chi connectivity index (χ1) is 17.4. The highest BCUT2D eigenvalue weighted by molar-refractivity contribution is 9.10. The molecule has 0 N–H and O–H groups in total. The second-order valence-corrected chi connectivity index (χ2v) is 9.90. The highest BCUT2D eigenvalue weighted by Crippen LogP contribution is 2.24. The molecule has 7 nitrogen and oxygen atoms in total. The van der Waals surface area contributed by atoms with Gasteiger partial charge < -0.3 is 0 Å². The summed E-state index contributed by atoms with van der Waals surface area (Å²) in [4.78, 5) is 23.3. The predicted molar refractivity (Wildman–Crippen MR) is 148 cm³/mol. The van der Waals surface area contributed by atoms with Crippen LogP contribution in [0.15, 0.2) is 104 Å². The maximum Gasteiger partial charge on any atom is 0.297 e. The Balaban J connectivity index is 1.73. The zero-order valence-electron chi connectivity index (χ0n) is 20.0. The second-order valence-electron chi connectivity index (χ2n) is 8.14. The number of para-hydroxylation sites is 1. The van der Waals surface area contributed by atoms with Gasteiger partial charge in [-0.1, -0.05) is 52.3 Å². The Morgan fingerprint density at radius 3 is 2.42 bits per heavy atom. The molecule has 0 unspecified atom stereocenters. The molecule has 3 heterocycles. The van der Waals surface area contributed by atoms with Gasteiger partial charge in [-0.15, -0.1) is 11.3 Å². The minimum atomic E-state index is -0.184. The molecule has 36 heavy (non-hydrogen) atoms. The molecule has 0 saturated carbocycles. The normalized spacial score (nSPS) is 12.3. The van der Waals surface area contributed by atoms with Crippen LogP contribution >= 0.6 is 27.3 Å². The first-order valence-corrected chi connectivity index (χ1v) is 12.9. The number of benzene rings is 2. The van der Waals surface area contributed by atoms with E-state index in [1.54, 1.807) is 15.6 Å². The fourth-order valence-electron chi connectivity index (χ4n) is 3.85. The van der Waals surface area contributed by atoms with Crippen LogP contribution < -0.4 is 10.4 Å². The molecule has 0 amide bonds. The van der Waals surface area contributed by atoms with Crippen molar-refractivity contribution in [2.24, 2.45) is 17.1 Å². The SMILES string of the molecule is CC(=Nn1c(-c2ccc(Br)cc2)csc1=Nc1c(C)n(C)n(-c2ccccc2)c1=O)c1ccccn1. The van der Waals surface area contributed by atoms with Gasteiger partial charge in [-0.05, 0) is 50.2 Å². The number of halogens is 1. The molecule has 0 saturated heterocycles. The Kier molecular flexibility index (Phi) is 6.67. The van der Waals surface area contributed by atoms with Crippen LogP contribution in [0.3, 0.4) is 0 Å². The van der Waals surface area contributed by atoms with E-state index in [2.05, 4.69) is 20.9 Å². The molecular formula is C27H23BrN6OS. The predicted octanol–water partition coefficient (Wildman–Crippen LogP) is 5.68. The van der Waals surface area contributed by atoms with Crippen LogP contribution in [0.25, 0.3) is 16.9 Å². The average Bonchev–Trinajstić information content (AvgIpc) is 3.39. The second kappa shape index (κ2) is 10.0. The minimum absolute atomic E-state index is 0.184. The van der Waals surface area contributed by atoms with Gasteiger partial charge in [0.15, 0.2) is 5.69 Å². The fraction of sp³-hybridized carbons (Fsp3) is 0.111. The number of rotatable bonds is 5. The lowest BCUT2D eigenvalue weighted by Gasteiger charge is -2.07. The molecule has 0 aliphatic rings. The van der Waals surface area contributed by atoms with Crippen LogP contribution in [0.4, 0.5) is 5.69 Å². The van der Waals surface area contributed by atoms with Crippen molar-refractivity contribution in [1.29, 1.82) is 0 Å². The molecule has 0 fully saturated rings. The monoisotopic (exact) mass is 558 g/mol. The van der Waals surface area contributed by atoms with Crippen molar-refractivity contribution < 1.29 is 0 Å². The van der Waals surface area contributed by atoms with E-state index in [4.69, 9.17) is 10.1 Å². The molecule has 2 aromatic carbocycles. The average molecular weight is 559 g/mol. The Bertz CT molecular complexity index is 1680. The van der Waals surface area contributed by atoms with Crippen molar-refractivity contribution in [3.8, 4) is 16.9 Å². The van der Waals surface area contributed by atoms with E-state index in [1.807, 2.05) is 104 Å². The summed E-state index contributed by atoms with van der Waals surface area (Å²) in [5.74, 6) is 0. The molecule has 0 radical (unpaired) electrons. The summed E-state index contributed by atoms with van der Waals surface area (Å²) in [5.41, 5.74) is 5.11. The lowest BCUT2D eigenvalue weighted by Crippen LogP contribution is -2.20. The molecular weight excluding hydrogens is 536 g/mol. The Morgan fingerprint density at radius 2 is 1.72 bits per heavy atom. The van der Waals surface area contributed by atoms with Crippen LogP contribution in [0.2, 0.25) is 0 Å². The molecule has 0 aliphatic carbocycles. The first-order valence-electron chi connectivity index (χ1n) is 11.3. The topological polar surface area (TPSA) is 69.5 Å². The first kappa shape index (κ1) is 23.9. The summed E-state index contributed by atoms with van der Waals surface area (Å²) in [6, 6.07) is 23.3. The number of nitrogens with zero attached hydrogens (tertiary/aromatic N) is 6. The minimum Gasteiger partial charge on any atom is -0.283 e. The number of hydrogen-bond donors (Lipinski definition) is 0. The van der Waals surface area contributed by atoms with Gasteiger partial charge in [-0.25, -0.2) is 14.4 Å². The van der Waals surface area contributed by atoms with Gasteiger partial charge in [-0.3, -0.25) is 14.5 Å². The van der Waals surface area contributed by atoms with Gasteiger partial charge in [0.05, 0.1) is 28.5 Å². The van der Waals surface area contributed by atoms with E-state index in [9.17, 15) is 4.79 Å². The molecule has 5 aromatic rings. The van der Waals surface area contributed by atoms with Crippen molar-refractivity contribution in [2.45, 2.75) is 13.8 Å². The summed E-state index contributed by atoms with van der Waals surface area (Å²) in [7, 11) is 1.86. The molecule has 5 rings (SSSR count). The zero-order valence-corrected chi connectivity index (χ0v) is 22.4. The van der Waals surface area contributed by atoms with E-state index >= 15 is 0 Å². The number of pyridine rings is 1. The quantitative estimate of drug-likeness (QED) is 0.260. The van der Waals surface area contributed by atoms with Gasteiger partial charge >= 0.3 is 0 Å². The van der Waals surface area contributed by atoms with Gasteiger partial charge in [0, 0.05) is 28.7 Å². The van der Waals surface area contributed by atoms with E-state index in [0.717, 1.165) is 38.5 Å². The van der Waals surface area contributed by atoms with Crippen LogP contribution in [0.5, 0.6) is 0 Å². The van der Waals surface area contributed by atoms with E-state index in [-0.39, 0.29) is 5.56 Å². The fourth-order valence-corrected chi connectivity index (χ4v) is 4.95. The Hall–Kier alpha value is -3.82. The van der Waals surface area contributed by atoms with Crippen molar-refractivity contribution in [2.75, 3.05) is 0 Å². The largest absolute Gasteiger partial charge is 0.297 e. The lowest BCUT2D eigenvalue weighted by atomic mass is 10.2. The highest BCUT2D eigenvalue weighted by atomic mass is 79.9. The lowest BCUT2D eigenvalue weighted by molar-refractivity contribution is 0.630. The zero-order chi connectivity index (χ0) is 25.2. The van der Waals surface area contributed by atoms with Crippen LogP contribution in [0.1, 0.15) is 18.3 Å². The van der Waals surface area contributed by atoms with Crippen molar-refractivity contribution in [3.05, 3.63) is 115 Å². The molecule has 3 aromatic heterocycles. The number of aromatic nitrogens is 4. The maximum absolute atomic E-state index is 13.5. The summed E-state index contributed by atoms with van der Waals surface area (Å²) in [5, 5.41) is 6.90. The number of hydrogen-bond acceptors (Lipinski definition) is 5. The maximum atomic E-state index is 13.5. The van der Waals surface area contributed by atoms with Gasteiger partial charge in [0.2, 0.25) is 4.80 Å². The summed E-state index contributed by atoms with van der Waals surface area (Å²) >= 11 is 4.94. The molecule has 0 atom stereocenters. The molecule has 0 spiro atoms. The van der Waals surface area contributed by atoms with Gasteiger partial charge in [0.25, 0.3) is 5.56 Å². The summed E-state index contributed by atoms with van der Waals surface area (Å²) in [6.07, 6.45) is 1.74. The smallest absolute Gasteiger partial charge is 0.283 e. The van der Waals surface area contributed by atoms with E-state index in [0.29, 0.717) is 10.5 Å². The van der Waals surface area contributed by atoms with E-state index < -0.39 is 0 Å². The molecule has 180 valence electrons. The highest BCUT2D eigenvalue weighted by Gasteiger charge is 2.17. The van der Waals surface area contributed by atoms with Crippen molar-refractivity contribution in [1.82, 2.24) is 19.0 Å². The van der Waals surface area contributed by atoms with Crippen LogP contribution in [0, 0.1) is 6.92 Å². The van der Waals surface area contributed by atoms with Crippen LogP contribution in [-0.2, 0) is 7.05 Å². The molecule has 9 heteroatoms. The third-order valence-electron chi connectivity index (χ3n) is 5.84. The third kappa shape index (κ3) is 4.55. The molecule has 0 bridgehead atoms. The Morgan fingerprint density at radius 1 is 1.00 bits per heavy atom. The van der Waals surface area contributed by atoms with Crippen LogP contribution in [-0.4, -0.2) is 24.7 Å². The van der Waals surface area contributed by atoms with Crippen molar-refractivity contribution in [3.63, 3.8) is 0 Å². The Labute approximate surface area is 220 Å². The third-order valence-corrected chi connectivity index (χ3v) is 7.19.